The topological polar surface area (TPSA) is 38.8 Å². The molecule has 1 saturated heterocycles. The van der Waals surface area contributed by atoms with E-state index in [0.717, 1.165) is 13.0 Å². The molecule has 1 aliphatic rings. The first-order chi connectivity index (χ1) is 9.19. The van der Waals surface area contributed by atoms with Crippen LogP contribution in [0.25, 0.3) is 0 Å². The van der Waals surface area contributed by atoms with Gasteiger partial charge in [0.05, 0.1) is 24.9 Å². The summed E-state index contributed by atoms with van der Waals surface area (Å²) in [6.45, 7) is 14.5. The molecule has 20 heavy (non-hydrogen) atoms. The second-order valence-corrected chi connectivity index (χ2v) is 7.06. The number of Topliss-reactive ketones (excluding diaryl/α,β-unsaturated/α-hetero) is 1. The Bertz CT molecular complexity index is 309. The number of ether oxygens (including phenoxy) is 2. The molecule has 2 atom stereocenters. The number of rotatable bonds is 7. The van der Waals surface area contributed by atoms with E-state index in [0.29, 0.717) is 31.7 Å². The van der Waals surface area contributed by atoms with Crippen molar-refractivity contribution in [3.63, 3.8) is 0 Å². The zero-order valence-corrected chi connectivity index (χ0v) is 13.9. The fourth-order valence-electron chi connectivity index (χ4n) is 2.71. The minimum Gasteiger partial charge on any atom is -0.379 e. The van der Waals surface area contributed by atoms with Crippen molar-refractivity contribution in [2.45, 2.75) is 78.2 Å². The van der Waals surface area contributed by atoms with Crippen molar-refractivity contribution in [2.75, 3.05) is 19.8 Å². The van der Waals surface area contributed by atoms with Crippen LogP contribution in [0.15, 0.2) is 0 Å². The van der Waals surface area contributed by atoms with Crippen molar-refractivity contribution in [2.24, 2.45) is 0 Å². The number of carbonyl (C=O) groups excluding carboxylic acids is 1. The Balaban J connectivity index is 2.44. The first kappa shape index (κ1) is 17.6. The maximum atomic E-state index is 10.9. The number of hydrogen-bond acceptors (Lipinski definition) is 4. The number of carbonyl (C=O) groups is 1. The zero-order chi connectivity index (χ0) is 15.3. The molecule has 118 valence electrons. The van der Waals surface area contributed by atoms with Gasteiger partial charge in [-0.25, -0.2) is 0 Å². The van der Waals surface area contributed by atoms with Crippen LogP contribution in [-0.2, 0) is 14.3 Å². The Hall–Kier alpha value is -0.450. The maximum Gasteiger partial charge on any atom is 0.132 e. The van der Waals surface area contributed by atoms with Crippen molar-refractivity contribution < 1.29 is 14.3 Å². The van der Waals surface area contributed by atoms with E-state index in [1.54, 1.807) is 6.92 Å². The lowest BCUT2D eigenvalue weighted by Gasteiger charge is -2.28. The summed E-state index contributed by atoms with van der Waals surface area (Å²) in [5.74, 6) is 0.186. The molecule has 1 aliphatic heterocycles. The normalized spacial score (nSPS) is 24.6. The van der Waals surface area contributed by atoms with Gasteiger partial charge in [-0.1, -0.05) is 0 Å². The van der Waals surface area contributed by atoms with E-state index in [2.05, 4.69) is 39.5 Å². The Morgan fingerprint density at radius 2 is 2.00 bits per heavy atom. The van der Waals surface area contributed by atoms with Gasteiger partial charge in [-0.05, 0) is 48.0 Å². The first-order valence-electron chi connectivity index (χ1n) is 7.70. The third kappa shape index (κ3) is 6.33. The van der Waals surface area contributed by atoms with E-state index in [-0.39, 0.29) is 17.5 Å². The van der Waals surface area contributed by atoms with Crippen LogP contribution in [0.4, 0.5) is 0 Å². The molecule has 4 nitrogen and oxygen atoms in total. The third-order valence-electron chi connectivity index (χ3n) is 3.51. The molecule has 1 rings (SSSR count). The average molecular weight is 285 g/mol. The maximum absolute atomic E-state index is 10.9. The fourth-order valence-corrected chi connectivity index (χ4v) is 2.71. The van der Waals surface area contributed by atoms with Gasteiger partial charge in [-0.2, -0.15) is 0 Å². The van der Waals surface area contributed by atoms with Crippen LogP contribution >= 0.6 is 0 Å². The van der Waals surface area contributed by atoms with Gasteiger partial charge in [0.15, 0.2) is 0 Å². The molecule has 0 saturated carbocycles. The minimum atomic E-state index is -0.0995. The summed E-state index contributed by atoms with van der Waals surface area (Å²) < 4.78 is 11.8. The van der Waals surface area contributed by atoms with E-state index in [1.165, 1.54) is 0 Å². The summed E-state index contributed by atoms with van der Waals surface area (Å²) in [6, 6.07) is 0.888. The minimum absolute atomic E-state index is 0.0995. The monoisotopic (exact) mass is 285 g/mol. The van der Waals surface area contributed by atoms with Crippen LogP contribution in [0.5, 0.6) is 0 Å². The lowest BCUT2D eigenvalue weighted by atomic mass is 10.1. The van der Waals surface area contributed by atoms with Crippen molar-refractivity contribution >= 4 is 5.78 Å². The highest BCUT2D eigenvalue weighted by Crippen LogP contribution is 2.26. The van der Waals surface area contributed by atoms with Gasteiger partial charge in [0, 0.05) is 25.0 Å². The molecular formula is C16H31NO3. The summed E-state index contributed by atoms with van der Waals surface area (Å²) in [5, 5.41) is 0. The summed E-state index contributed by atoms with van der Waals surface area (Å²) in [6.07, 6.45) is 1.80. The molecule has 4 heteroatoms. The quantitative estimate of drug-likeness (QED) is 0.674. The van der Waals surface area contributed by atoms with Crippen LogP contribution in [0.3, 0.4) is 0 Å². The van der Waals surface area contributed by atoms with Crippen molar-refractivity contribution in [3.05, 3.63) is 0 Å². The molecule has 0 aromatic heterocycles. The number of ketones is 1. The van der Waals surface area contributed by atoms with E-state index < -0.39 is 0 Å². The standard InChI is InChI=1S/C16H31NO3/c1-12(2)17-10-15(20-16(4,5)6)9-14(17)11-19-8-7-13(3)18/h12,14-15H,7-11H2,1-6H3/t14-,15+/m0/s1. The first-order valence-corrected chi connectivity index (χ1v) is 7.70. The van der Waals surface area contributed by atoms with Gasteiger partial charge in [0.1, 0.15) is 5.78 Å². The molecule has 0 spiro atoms. The smallest absolute Gasteiger partial charge is 0.132 e. The third-order valence-corrected chi connectivity index (χ3v) is 3.51. The molecule has 0 bridgehead atoms. The number of hydrogen-bond donors (Lipinski definition) is 0. The van der Waals surface area contributed by atoms with Gasteiger partial charge in [0.2, 0.25) is 0 Å². The molecular weight excluding hydrogens is 254 g/mol. The van der Waals surface area contributed by atoms with Gasteiger partial charge >= 0.3 is 0 Å². The van der Waals surface area contributed by atoms with E-state index >= 15 is 0 Å². The van der Waals surface area contributed by atoms with Crippen molar-refractivity contribution in [1.82, 2.24) is 4.90 Å². The lowest BCUT2D eigenvalue weighted by Crippen LogP contribution is -2.39. The van der Waals surface area contributed by atoms with E-state index in [4.69, 9.17) is 9.47 Å². The highest BCUT2D eigenvalue weighted by atomic mass is 16.5. The fraction of sp³-hybridized carbons (Fsp3) is 0.938. The highest BCUT2D eigenvalue weighted by molar-refractivity contribution is 5.75. The lowest BCUT2D eigenvalue weighted by molar-refractivity contribution is -0.118. The van der Waals surface area contributed by atoms with Crippen LogP contribution in [0, 0.1) is 0 Å². The van der Waals surface area contributed by atoms with Gasteiger partial charge in [-0.3, -0.25) is 9.69 Å². The Labute approximate surface area is 123 Å². The Kier molecular flexibility index (Phi) is 6.62. The molecule has 0 aromatic carbocycles. The second-order valence-electron chi connectivity index (χ2n) is 7.06. The number of nitrogens with zero attached hydrogens (tertiary/aromatic N) is 1. The van der Waals surface area contributed by atoms with Crippen molar-refractivity contribution in [3.8, 4) is 0 Å². The summed E-state index contributed by atoms with van der Waals surface area (Å²) in [5.41, 5.74) is -0.0995. The van der Waals surface area contributed by atoms with Gasteiger partial charge < -0.3 is 9.47 Å². The SMILES string of the molecule is CC(=O)CCOC[C@@H]1C[C@@H](OC(C)(C)C)CN1C(C)C. The summed E-state index contributed by atoms with van der Waals surface area (Å²) in [7, 11) is 0. The molecule has 0 aromatic rings. The molecule has 0 aliphatic carbocycles. The van der Waals surface area contributed by atoms with Gasteiger partial charge in [0.25, 0.3) is 0 Å². The molecule has 0 N–H and O–H groups in total. The molecule has 1 fully saturated rings. The van der Waals surface area contributed by atoms with Crippen molar-refractivity contribution in [1.29, 1.82) is 0 Å². The van der Waals surface area contributed by atoms with E-state index in [1.807, 2.05) is 0 Å². The highest BCUT2D eigenvalue weighted by Gasteiger charge is 2.36. The molecule has 0 unspecified atom stereocenters. The molecule has 0 radical (unpaired) electrons. The van der Waals surface area contributed by atoms with Gasteiger partial charge in [-0.15, -0.1) is 0 Å². The Morgan fingerprint density at radius 3 is 2.50 bits per heavy atom. The molecule has 1 heterocycles. The average Bonchev–Trinajstić information content (AvgIpc) is 2.64. The molecule has 0 amide bonds. The van der Waals surface area contributed by atoms with Crippen LogP contribution < -0.4 is 0 Å². The zero-order valence-electron chi connectivity index (χ0n) is 13.9. The predicted octanol–water partition coefficient (Wildman–Crippen LogP) is 2.65. The summed E-state index contributed by atoms with van der Waals surface area (Å²) >= 11 is 0. The predicted molar refractivity (Wildman–Crippen MR) is 81.0 cm³/mol. The van der Waals surface area contributed by atoms with Crippen LogP contribution in [0.2, 0.25) is 0 Å². The Morgan fingerprint density at radius 1 is 1.35 bits per heavy atom. The number of likely N-dealkylation sites (tertiary alicyclic amines) is 1. The van der Waals surface area contributed by atoms with E-state index in [9.17, 15) is 4.79 Å². The second kappa shape index (κ2) is 7.53. The summed E-state index contributed by atoms with van der Waals surface area (Å²) in [4.78, 5) is 13.4. The van der Waals surface area contributed by atoms with Crippen LogP contribution in [0.1, 0.15) is 54.4 Å². The van der Waals surface area contributed by atoms with Crippen LogP contribution in [-0.4, -0.2) is 54.2 Å². The largest absolute Gasteiger partial charge is 0.379 e.